The van der Waals surface area contributed by atoms with E-state index in [0.717, 1.165) is 24.2 Å². The van der Waals surface area contributed by atoms with Crippen molar-refractivity contribution in [2.75, 3.05) is 48.7 Å². The average molecular weight is 278 g/mol. The maximum Gasteiger partial charge on any atom is 0.295 e. The molecule has 102 valence electrons. The van der Waals surface area contributed by atoms with Crippen molar-refractivity contribution < 1.29 is 4.42 Å². The second-order valence-electron chi connectivity index (χ2n) is 4.63. The summed E-state index contributed by atoms with van der Waals surface area (Å²) < 4.78 is 5.61. The highest BCUT2D eigenvalue weighted by atomic mass is 32.2. The van der Waals surface area contributed by atoms with Crippen LogP contribution >= 0.6 is 11.8 Å². The molecule has 3 N–H and O–H groups in total. The Morgan fingerprint density at radius 3 is 3.05 bits per heavy atom. The number of nitrogen functional groups attached to an aromatic ring is 1. The van der Waals surface area contributed by atoms with Gasteiger partial charge >= 0.3 is 0 Å². The van der Waals surface area contributed by atoms with Gasteiger partial charge in [0.25, 0.3) is 6.01 Å². The molecule has 0 atom stereocenters. The summed E-state index contributed by atoms with van der Waals surface area (Å²) in [5, 5.41) is 3.23. The number of rotatable bonds is 4. The molecule has 2 aromatic rings. The lowest BCUT2D eigenvalue weighted by atomic mass is 10.3. The molecule has 1 fully saturated rings. The number of oxazole rings is 1. The summed E-state index contributed by atoms with van der Waals surface area (Å²) in [6.45, 7) is 4.24. The highest BCUT2D eigenvalue weighted by molar-refractivity contribution is 7.99. The third-order valence-corrected chi connectivity index (χ3v) is 4.16. The molecule has 5 nitrogen and oxygen atoms in total. The monoisotopic (exact) mass is 278 g/mol. The van der Waals surface area contributed by atoms with Crippen molar-refractivity contribution in [2.24, 2.45) is 0 Å². The largest absolute Gasteiger partial charge is 0.423 e. The second kappa shape index (κ2) is 5.71. The number of anilines is 2. The van der Waals surface area contributed by atoms with Crippen molar-refractivity contribution in [2.45, 2.75) is 0 Å². The van der Waals surface area contributed by atoms with E-state index in [0.29, 0.717) is 11.7 Å². The number of hydrogen-bond donors (Lipinski definition) is 2. The normalized spacial score (nSPS) is 16.8. The van der Waals surface area contributed by atoms with Crippen LogP contribution in [-0.2, 0) is 0 Å². The lowest BCUT2D eigenvalue weighted by Gasteiger charge is -2.25. The molecule has 1 saturated heterocycles. The molecule has 0 spiro atoms. The third kappa shape index (κ3) is 3.13. The van der Waals surface area contributed by atoms with Crippen LogP contribution in [0.4, 0.5) is 11.7 Å². The number of nitrogens with zero attached hydrogens (tertiary/aromatic N) is 2. The zero-order valence-corrected chi connectivity index (χ0v) is 11.6. The lowest BCUT2D eigenvalue weighted by Crippen LogP contribution is -2.36. The van der Waals surface area contributed by atoms with Crippen LogP contribution in [0.25, 0.3) is 11.1 Å². The van der Waals surface area contributed by atoms with E-state index >= 15 is 0 Å². The van der Waals surface area contributed by atoms with Gasteiger partial charge in [-0.1, -0.05) is 0 Å². The summed E-state index contributed by atoms with van der Waals surface area (Å²) >= 11 is 2.03. The van der Waals surface area contributed by atoms with E-state index in [4.69, 9.17) is 10.2 Å². The first kappa shape index (κ1) is 12.6. The summed E-state index contributed by atoms with van der Waals surface area (Å²) in [6.07, 6.45) is 0. The van der Waals surface area contributed by atoms with Gasteiger partial charge in [-0.15, -0.1) is 0 Å². The Bertz CT molecular complexity index is 551. The standard InChI is InChI=1S/C13H18N4OS/c14-10-1-2-11-12(9-10)18-13(16-11)15-3-4-17-5-7-19-8-6-17/h1-2,9H,3-8,14H2,(H,15,16). The maximum absolute atomic E-state index is 5.71. The van der Waals surface area contributed by atoms with E-state index in [9.17, 15) is 0 Å². The van der Waals surface area contributed by atoms with Crippen LogP contribution in [0.2, 0.25) is 0 Å². The fourth-order valence-corrected chi connectivity index (χ4v) is 3.14. The molecule has 0 radical (unpaired) electrons. The summed E-state index contributed by atoms with van der Waals surface area (Å²) in [5.74, 6) is 2.48. The maximum atomic E-state index is 5.71. The predicted molar refractivity (Wildman–Crippen MR) is 80.7 cm³/mol. The molecule has 6 heteroatoms. The van der Waals surface area contributed by atoms with E-state index in [1.54, 1.807) is 6.07 Å². The van der Waals surface area contributed by atoms with E-state index in [1.165, 1.54) is 24.6 Å². The molecule has 0 bridgehead atoms. The third-order valence-electron chi connectivity index (χ3n) is 3.22. The Balaban J connectivity index is 1.56. The molecule has 19 heavy (non-hydrogen) atoms. The number of aromatic nitrogens is 1. The first-order chi connectivity index (χ1) is 9.31. The highest BCUT2D eigenvalue weighted by Gasteiger charge is 2.10. The lowest BCUT2D eigenvalue weighted by molar-refractivity contribution is 0.314. The minimum absolute atomic E-state index is 0.576. The topological polar surface area (TPSA) is 67.3 Å². The van der Waals surface area contributed by atoms with Gasteiger partial charge in [-0.3, -0.25) is 4.90 Å². The van der Waals surface area contributed by atoms with E-state index in [1.807, 2.05) is 23.9 Å². The fraction of sp³-hybridized carbons (Fsp3) is 0.462. The Hall–Kier alpha value is -1.40. The van der Waals surface area contributed by atoms with Gasteiger partial charge in [0.2, 0.25) is 0 Å². The average Bonchev–Trinajstić information content (AvgIpc) is 2.82. The molecule has 0 aliphatic carbocycles. The molecule has 0 unspecified atom stereocenters. The van der Waals surface area contributed by atoms with E-state index in [-0.39, 0.29) is 0 Å². The first-order valence-corrected chi connectivity index (χ1v) is 7.67. The predicted octanol–water partition coefficient (Wildman–Crippen LogP) is 1.87. The van der Waals surface area contributed by atoms with Gasteiger partial charge in [-0.25, -0.2) is 0 Å². The summed E-state index contributed by atoms with van der Waals surface area (Å²) in [4.78, 5) is 6.84. The van der Waals surface area contributed by atoms with Gasteiger partial charge in [0.1, 0.15) is 5.52 Å². The van der Waals surface area contributed by atoms with Crippen LogP contribution in [0.1, 0.15) is 0 Å². The summed E-state index contributed by atoms with van der Waals surface area (Å²) in [6, 6.07) is 6.09. The van der Waals surface area contributed by atoms with E-state index in [2.05, 4.69) is 15.2 Å². The van der Waals surface area contributed by atoms with Crippen LogP contribution in [0.5, 0.6) is 0 Å². The fourth-order valence-electron chi connectivity index (χ4n) is 2.16. The molecule has 0 amide bonds. The minimum atomic E-state index is 0.576. The number of fused-ring (bicyclic) bond motifs is 1. The van der Waals surface area contributed by atoms with Crippen molar-refractivity contribution in [3.8, 4) is 0 Å². The Morgan fingerprint density at radius 2 is 2.21 bits per heavy atom. The Morgan fingerprint density at radius 1 is 1.37 bits per heavy atom. The number of nitrogens with one attached hydrogen (secondary N) is 1. The van der Waals surface area contributed by atoms with Crippen LogP contribution in [-0.4, -0.2) is 47.6 Å². The molecular weight excluding hydrogens is 260 g/mol. The van der Waals surface area contributed by atoms with Gasteiger partial charge in [0.15, 0.2) is 5.58 Å². The van der Waals surface area contributed by atoms with Crippen molar-refractivity contribution in [1.29, 1.82) is 0 Å². The molecule has 3 rings (SSSR count). The molecule has 0 saturated carbocycles. The SMILES string of the molecule is Nc1ccc2nc(NCCN3CCSCC3)oc2c1. The molecule has 1 aromatic carbocycles. The van der Waals surface area contributed by atoms with Crippen LogP contribution in [0.3, 0.4) is 0 Å². The number of hydrogen-bond acceptors (Lipinski definition) is 6. The molecule has 1 aliphatic rings. The molecule has 2 heterocycles. The Kier molecular flexibility index (Phi) is 3.79. The van der Waals surface area contributed by atoms with Crippen molar-refractivity contribution in [3.05, 3.63) is 18.2 Å². The van der Waals surface area contributed by atoms with Gasteiger partial charge in [0.05, 0.1) is 0 Å². The van der Waals surface area contributed by atoms with Crippen LogP contribution < -0.4 is 11.1 Å². The Labute approximate surface area is 116 Å². The van der Waals surface area contributed by atoms with E-state index < -0.39 is 0 Å². The number of thioether (sulfide) groups is 1. The minimum Gasteiger partial charge on any atom is -0.423 e. The number of nitrogens with two attached hydrogens (primary N) is 1. The molecule has 1 aliphatic heterocycles. The van der Waals surface area contributed by atoms with Crippen LogP contribution in [0.15, 0.2) is 22.6 Å². The zero-order valence-electron chi connectivity index (χ0n) is 10.8. The van der Waals surface area contributed by atoms with Crippen LogP contribution in [0, 0.1) is 0 Å². The summed E-state index contributed by atoms with van der Waals surface area (Å²) in [7, 11) is 0. The molecule has 1 aromatic heterocycles. The highest BCUT2D eigenvalue weighted by Crippen LogP contribution is 2.20. The van der Waals surface area contributed by atoms with Crippen molar-refractivity contribution in [1.82, 2.24) is 9.88 Å². The van der Waals surface area contributed by atoms with Gasteiger partial charge < -0.3 is 15.5 Å². The van der Waals surface area contributed by atoms with Gasteiger partial charge in [-0.2, -0.15) is 16.7 Å². The first-order valence-electron chi connectivity index (χ1n) is 6.51. The summed E-state index contributed by atoms with van der Waals surface area (Å²) in [5.41, 5.74) is 7.98. The quantitative estimate of drug-likeness (QED) is 0.832. The number of benzene rings is 1. The van der Waals surface area contributed by atoms with Gasteiger partial charge in [0, 0.05) is 49.4 Å². The second-order valence-corrected chi connectivity index (χ2v) is 5.85. The van der Waals surface area contributed by atoms with Gasteiger partial charge in [-0.05, 0) is 12.1 Å². The molecular formula is C13H18N4OS. The van der Waals surface area contributed by atoms with Crippen molar-refractivity contribution in [3.63, 3.8) is 0 Å². The van der Waals surface area contributed by atoms with Crippen molar-refractivity contribution >= 4 is 34.6 Å². The smallest absolute Gasteiger partial charge is 0.295 e. The zero-order chi connectivity index (χ0) is 13.1.